The molecule has 2 aromatic rings. The maximum Gasteiger partial charge on any atom is 0.317 e. The van der Waals surface area contributed by atoms with Gasteiger partial charge in [0.2, 0.25) is 5.91 Å². The Kier molecular flexibility index (Phi) is 4.44. The molecular weight excluding hydrogens is 340 g/mol. The first-order valence-corrected chi connectivity index (χ1v) is 9.37. The average Bonchev–Trinajstić information content (AvgIpc) is 3.25. The quantitative estimate of drug-likeness (QED) is 0.905. The second-order valence-electron chi connectivity index (χ2n) is 6.52. The molecule has 3 saturated heterocycles. The van der Waals surface area contributed by atoms with E-state index in [9.17, 15) is 9.59 Å². The van der Waals surface area contributed by atoms with Gasteiger partial charge in [-0.05, 0) is 25.0 Å². The van der Waals surface area contributed by atoms with Gasteiger partial charge in [-0.3, -0.25) is 4.79 Å². The molecular formula is C17H20N4O3S. The summed E-state index contributed by atoms with van der Waals surface area (Å²) in [6.07, 6.45) is 3.37. The Labute approximate surface area is 149 Å². The van der Waals surface area contributed by atoms with Crippen LogP contribution in [-0.4, -0.2) is 45.9 Å². The number of piperidine rings is 1. The highest BCUT2D eigenvalue weighted by Gasteiger charge is 2.42. The summed E-state index contributed by atoms with van der Waals surface area (Å²) in [6.45, 7) is 1.93. The van der Waals surface area contributed by atoms with Crippen molar-refractivity contribution in [2.45, 2.75) is 32.0 Å². The summed E-state index contributed by atoms with van der Waals surface area (Å²) in [5, 5.41) is 4.85. The highest BCUT2D eigenvalue weighted by atomic mass is 32.1. The second-order valence-corrected chi connectivity index (χ2v) is 7.24. The van der Waals surface area contributed by atoms with Gasteiger partial charge in [-0.2, -0.15) is 0 Å². The lowest BCUT2D eigenvalue weighted by atomic mass is 9.94. The maximum absolute atomic E-state index is 12.8. The van der Waals surface area contributed by atoms with Crippen LogP contribution in [0.2, 0.25) is 0 Å². The molecule has 0 saturated carbocycles. The van der Waals surface area contributed by atoms with Crippen LogP contribution in [0.3, 0.4) is 0 Å². The number of carbonyl (C=O) groups is 2. The zero-order valence-corrected chi connectivity index (χ0v) is 14.6. The van der Waals surface area contributed by atoms with E-state index in [2.05, 4.69) is 10.3 Å². The lowest BCUT2D eigenvalue weighted by molar-refractivity contribution is -0.140. The number of nitrogens with zero attached hydrogens (tertiary/aromatic N) is 3. The first kappa shape index (κ1) is 16.1. The Morgan fingerprint density at radius 2 is 2.32 bits per heavy atom. The number of furan rings is 1. The number of amides is 3. The highest BCUT2D eigenvalue weighted by Crippen LogP contribution is 2.30. The number of fused-ring (bicyclic) bond motifs is 4. The number of aromatic nitrogens is 1. The molecule has 0 unspecified atom stereocenters. The molecule has 2 bridgehead atoms. The molecule has 0 aliphatic carbocycles. The van der Waals surface area contributed by atoms with Gasteiger partial charge >= 0.3 is 6.03 Å². The molecule has 3 fully saturated rings. The van der Waals surface area contributed by atoms with Crippen molar-refractivity contribution in [3.8, 4) is 0 Å². The zero-order valence-electron chi connectivity index (χ0n) is 13.8. The van der Waals surface area contributed by atoms with Gasteiger partial charge in [0.25, 0.3) is 0 Å². The molecule has 2 aromatic heterocycles. The Bertz CT molecular complexity index is 731. The van der Waals surface area contributed by atoms with Crippen LogP contribution in [-0.2, 0) is 17.9 Å². The molecule has 1 N–H and O–H groups in total. The van der Waals surface area contributed by atoms with E-state index >= 15 is 0 Å². The van der Waals surface area contributed by atoms with Gasteiger partial charge in [-0.1, -0.05) is 0 Å². The predicted molar refractivity (Wildman–Crippen MR) is 91.7 cm³/mol. The summed E-state index contributed by atoms with van der Waals surface area (Å²) < 4.78 is 5.24. The summed E-state index contributed by atoms with van der Waals surface area (Å²) in [4.78, 5) is 33.3. The predicted octanol–water partition coefficient (Wildman–Crippen LogP) is 2.07. The van der Waals surface area contributed by atoms with Crippen LogP contribution < -0.4 is 5.32 Å². The molecule has 3 aliphatic heterocycles. The Hall–Kier alpha value is -2.35. The largest absolute Gasteiger partial charge is 0.467 e. The van der Waals surface area contributed by atoms with Crippen molar-refractivity contribution in [3.63, 3.8) is 0 Å². The number of nitrogens with one attached hydrogen (secondary N) is 1. The van der Waals surface area contributed by atoms with E-state index in [4.69, 9.17) is 4.42 Å². The molecule has 3 aliphatic rings. The van der Waals surface area contributed by atoms with Crippen LogP contribution >= 0.6 is 11.3 Å². The highest BCUT2D eigenvalue weighted by molar-refractivity contribution is 7.07. The van der Waals surface area contributed by atoms with Gasteiger partial charge in [0.15, 0.2) is 0 Å². The summed E-state index contributed by atoms with van der Waals surface area (Å²) in [5.74, 6) is 0.740. The molecule has 0 spiro atoms. The lowest BCUT2D eigenvalue weighted by Crippen LogP contribution is -2.48. The van der Waals surface area contributed by atoms with Gasteiger partial charge < -0.3 is 19.5 Å². The number of hydrogen-bond acceptors (Lipinski definition) is 5. The molecule has 8 heteroatoms. The molecule has 5 rings (SSSR count). The van der Waals surface area contributed by atoms with Crippen LogP contribution in [0.25, 0.3) is 0 Å². The molecule has 5 heterocycles. The first-order valence-electron chi connectivity index (χ1n) is 8.43. The number of rotatable bonds is 4. The zero-order chi connectivity index (χ0) is 17.2. The molecule has 2 atom stereocenters. The number of urea groups is 1. The normalized spacial score (nSPS) is 23.0. The van der Waals surface area contributed by atoms with Gasteiger partial charge in [0, 0.05) is 24.5 Å². The first-order chi connectivity index (χ1) is 12.2. The summed E-state index contributed by atoms with van der Waals surface area (Å²) >= 11 is 1.53. The van der Waals surface area contributed by atoms with Crippen LogP contribution in [0.4, 0.5) is 4.79 Å². The molecule has 0 aromatic carbocycles. The molecule has 3 amide bonds. The monoisotopic (exact) mass is 360 g/mol. The van der Waals surface area contributed by atoms with E-state index in [1.165, 1.54) is 11.3 Å². The van der Waals surface area contributed by atoms with Crippen LogP contribution in [0.5, 0.6) is 0 Å². The molecule has 25 heavy (non-hydrogen) atoms. The standard InChI is InChI=1S/C17H20N4O3S/c22-16-12-3-4-14(21(16)8-13-10-25-11-19-13)9-20(7-12)17(23)18-6-15-2-1-5-24-15/h1-2,5,10-12,14H,3-4,6-9H2,(H,18,23)/t12-,14+/m0/s1. The van der Waals surface area contributed by atoms with Gasteiger partial charge in [0.1, 0.15) is 5.76 Å². The van der Waals surface area contributed by atoms with Crippen molar-refractivity contribution in [3.05, 3.63) is 40.7 Å². The SMILES string of the molecule is O=C(NCc1ccco1)N1C[C@@H]2CC[C@H](C1)N(Cc1cscn1)C2=O. The molecule has 0 radical (unpaired) electrons. The van der Waals surface area contributed by atoms with E-state index < -0.39 is 0 Å². The van der Waals surface area contributed by atoms with Crippen LogP contribution in [0.15, 0.2) is 33.7 Å². The fraction of sp³-hybridized carbons (Fsp3) is 0.471. The molecule has 132 valence electrons. The van der Waals surface area contributed by atoms with E-state index in [0.717, 1.165) is 18.5 Å². The van der Waals surface area contributed by atoms with E-state index in [1.807, 2.05) is 16.3 Å². The molecule has 7 nitrogen and oxygen atoms in total. The number of thiazole rings is 1. The van der Waals surface area contributed by atoms with Gasteiger partial charge in [-0.15, -0.1) is 11.3 Å². The van der Waals surface area contributed by atoms with E-state index in [1.54, 1.807) is 22.7 Å². The van der Waals surface area contributed by atoms with E-state index in [0.29, 0.717) is 31.9 Å². The van der Waals surface area contributed by atoms with Crippen molar-refractivity contribution in [1.29, 1.82) is 0 Å². The second kappa shape index (κ2) is 6.87. The topological polar surface area (TPSA) is 78.7 Å². The smallest absolute Gasteiger partial charge is 0.317 e. The number of hydrogen-bond donors (Lipinski definition) is 1. The summed E-state index contributed by atoms with van der Waals surface area (Å²) in [6, 6.07) is 3.53. The van der Waals surface area contributed by atoms with Crippen molar-refractivity contribution in [2.75, 3.05) is 13.1 Å². The fourth-order valence-corrected chi connectivity index (χ4v) is 4.14. The maximum atomic E-state index is 12.8. The third-order valence-corrected chi connectivity index (χ3v) is 5.53. The Morgan fingerprint density at radius 3 is 3.08 bits per heavy atom. The van der Waals surface area contributed by atoms with Crippen LogP contribution in [0, 0.1) is 5.92 Å². The van der Waals surface area contributed by atoms with Gasteiger partial charge in [-0.25, -0.2) is 9.78 Å². The fourth-order valence-electron chi connectivity index (χ4n) is 3.59. The van der Waals surface area contributed by atoms with Gasteiger partial charge in [0.05, 0.1) is 36.5 Å². The van der Waals surface area contributed by atoms with E-state index in [-0.39, 0.29) is 23.9 Å². The van der Waals surface area contributed by atoms with Crippen molar-refractivity contribution in [2.24, 2.45) is 5.92 Å². The van der Waals surface area contributed by atoms with Crippen molar-refractivity contribution < 1.29 is 14.0 Å². The minimum Gasteiger partial charge on any atom is -0.467 e. The Balaban J connectivity index is 1.43. The average molecular weight is 360 g/mol. The Morgan fingerprint density at radius 1 is 1.40 bits per heavy atom. The summed E-state index contributed by atoms with van der Waals surface area (Å²) in [7, 11) is 0. The van der Waals surface area contributed by atoms with Crippen molar-refractivity contribution >= 4 is 23.3 Å². The lowest BCUT2D eigenvalue weighted by Gasteiger charge is -2.35. The minimum atomic E-state index is -0.142. The minimum absolute atomic E-state index is 0.0577. The number of carbonyl (C=O) groups excluding carboxylic acids is 2. The summed E-state index contributed by atoms with van der Waals surface area (Å²) in [5.41, 5.74) is 2.70. The van der Waals surface area contributed by atoms with Crippen molar-refractivity contribution in [1.82, 2.24) is 20.1 Å². The third kappa shape index (κ3) is 3.39. The third-order valence-electron chi connectivity index (χ3n) is 4.89. The van der Waals surface area contributed by atoms with Crippen LogP contribution in [0.1, 0.15) is 24.3 Å².